The van der Waals surface area contributed by atoms with Gasteiger partial charge in [0.1, 0.15) is 0 Å². The summed E-state index contributed by atoms with van der Waals surface area (Å²) in [6, 6.07) is 3.10. The highest BCUT2D eigenvalue weighted by molar-refractivity contribution is 5.70. The van der Waals surface area contributed by atoms with Crippen LogP contribution in [0.2, 0.25) is 0 Å². The van der Waals surface area contributed by atoms with Crippen molar-refractivity contribution in [3.63, 3.8) is 0 Å². The van der Waals surface area contributed by atoms with Crippen molar-refractivity contribution in [2.75, 3.05) is 13.7 Å². The van der Waals surface area contributed by atoms with Gasteiger partial charge in [0.2, 0.25) is 5.88 Å². The Morgan fingerprint density at radius 2 is 2.31 bits per heavy atom. The van der Waals surface area contributed by atoms with Gasteiger partial charge in [0, 0.05) is 18.3 Å². The first kappa shape index (κ1) is 12.4. The molecule has 0 radical (unpaired) electrons. The van der Waals surface area contributed by atoms with E-state index in [2.05, 4.69) is 4.98 Å². The molecular weight excluding hydrogens is 208 g/mol. The molecule has 2 N–H and O–H groups in total. The number of carbonyl (C=O) groups excluding carboxylic acids is 1. The van der Waals surface area contributed by atoms with Gasteiger partial charge in [0.05, 0.1) is 20.1 Å². The van der Waals surface area contributed by atoms with Crippen LogP contribution >= 0.6 is 0 Å². The average Bonchev–Trinajstić information content (AvgIpc) is 2.29. The highest BCUT2D eigenvalue weighted by Gasteiger charge is 2.12. The molecule has 16 heavy (non-hydrogen) atoms. The second kappa shape index (κ2) is 6.07. The second-order valence-electron chi connectivity index (χ2n) is 3.25. The molecule has 1 rings (SSSR count). The Morgan fingerprint density at radius 3 is 2.81 bits per heavy atom. The van der Waals surface area contributed by atoms with Crippen LogP contribution in [0.3, 0.4) is 0 Å². The molecule has 0 aromatic carbocycles. The maximum absolute atomic E-state index is 11.2. The first-order valence-electron chi connectivity index (χ1n) is 5.08. The van der Waals surface area contributed by atoms with E-state index in [-0.39, 0.29) is 12.4 Å². The predicted molar refractivity (Wildman–Crippen MR) is 59.0 cm³/mol. The number of aromatic nitrogens is 1. The second-order valence-corrected chi connectivity index (χ2v) is 3.25. The molecule has 5 heteroatoms. The zero-order valence-electron chi connectivity index (χ0n) is 9.47. The topological polar surface area (TPSA) is 74.4 Å². The summed E-state index contributed by atoms with van der Waals surface area (Å²) in [6.07, 6.45) is 1.75. The van der Waals surface area contributed by atoms with Gasteiger partial charge in [-0.2, -0.15) is 0 Å². The normalized spacial score (nSPS) is 11.9. The number of hydrogen-bond donors (Lipinski definition) is 1. The fraction of sp³-hybridized carbons (Fsp3) is 0.455. The summed E-state index contributed by atoms with van der Waals surface area (Å²) < 4.78 is 9.74. The molecule has 0 fully saturated rings. The number of pyridine rings is 1. The van der Waals surface area contributed by atoms with Crippen LogP contribution in [0.15, 0.2) is 18.3 Å². The Morgan fingerprint density at radius 1 is 1.56 bits per heavy atom. The Kier molecular flexibility index (Phi) is 4.72. The lowest BCUT2D eigenvalue weighted by molar-refractivity contribution is -0.143. The molecular formula is C11H16N2O3. The lowest BCUT2D eigenvalue weighted by atomic mass is 10.1. The van der Waals surface area contributed by atoms with E-state index in [1.54, 1.807) is 32.4 Å². The smallest absolute Gasteiger partial charge is 0.307 e. The number of hydrogen-bond acceptors (Lipinski definition) is 5. The molecule has 0 unspecified atom stereocenters. The van der Waals surface area contributed by atoms with Gasteiger partial charge in [0.25, 0.3) is 0 Å². The number of nitrogens with two attached hydrogens (primary N) is 1. The maximum atomic E-state index is 11.2. The fourth-order valence-electron chi connectivity index (χ4n) is 1.25. The van der Waals surface area contributed by atoms with E-state index in [9.17, 15) is 4.79 Å². The van der Waals surface area contributed by atoms with Crippen LogP contribution in [0.25, 0.3) is 0 Å². The average molecular weight is 224 g/mol. The van der Waals surface area contributed by atoms with Gasteiger partial charge >= 0.3 is 5.97 Å². The lowest BCUT2D eigenvalue weighted by Gasteiger charge is -2.10. The Hall–Kier alpha value is -1.62. The standard InChI is InChI=1S/C11H16N2O3/c1-3-16-11(14)6-9(12)8-4-5-10(15-2)13-7-8/h4-5,7,9H,3,6,12H2,1-2H3/t9-/m1/s1. The molecule has 1 aromatic rings. The SMILES string of the molecule is CCOC(=O)C[C@@H](N)c1ccc(OC)nc1. The molecule has 0 aliphatic rings. The molecule has 88 valence electrons. The zero-order chi connectivity index (χ0) is 12.0. The third-order valence-corrected chi connectivity index (χ3v) is 2.09. The number of ether oxygens (including phenoxy) is 2. The lowest BCUT2D eigenvalue weighted by Crippen LogP contribution is -2.17. The van der Waals surface area contributed by atoms with Crippen molar-refractivity contribution >= 4 is 5.97 Å². The number of methoxy groups -OCH3 is 1. The molecule has 0 saturated carbocycles. The molecule has 1 heterocycles. The third kappa shape index (κ3) is 3.51. The van der Waals surface area contributed by atoms with Crippen molar-refractivity contribution in [1.82, 2.24) is 4.98 Å². The van der Waals surface area contributed by atoms with Crippen molar-refractivity contribution in [1.29, 1.82) is 0 Å². The summed E-state index contributed by atoms with van der Waals surface area (Å²) in [5.74, 6) is 0.220. The van der Waals surface area contributed by atoms with E-state index in [1.165, 1.54) is 0 Å². The molecule has 0 spiro atoms. The molecule has 0 aliphatic carbocycles. The largest absolute Gasteiger partial charge is 0.481 e. The number of esters is 1. The summed E-state index contributed by atoms with van der Waals surface area (Å²) >= 11 is 0. The minimum Gasteiger partial charge on any atom is -0.481 e. The summed E-state index contributed by atoms with van der Waals surface area (Å²) in [5, 5.41) is 0. The van der Waals surface area contributed by atoms with E-state index in [0.717, 1.165) is 5.56 Å². The van der Waals surface area contributed by atoms with E-state index >= 15 is 0 Å². The maximum Gasteiger partial charge on any atom is 0.307 e. The molecule has 0 bridgehead atoms. The van der Waals surface area contributed by atoms with Crippen LogP contribution in [-0.2, 0) is 9.53 Å². The Labute approximate surface area is 94.6 Å². The van der Waals surface area contributed by atoms with Crippen molar-refractivity contribution in [2.45, 2.75) is 19.4 Å². The van der Waals surface area contributed by atoms with E-state index in [0.29, 0.717) is 12.5 Å². The summed E-state index contributed by atoms with van der Waals surface area (Å²) in [4.78, 5) is 15.2. The van der Waals surface area contributed by atoms with Crippen LogP contribution in [0.4, 0.5) is 0 Å². The number of rotatable bonds is 5. The predicted octanol–water partition coefficient (Wildman–Crippen LogP) is 1.04. The van der Waals surface area contributed by atoms with E-state index < -0.39 is 6.04 Å². The summed E-state index contributed by atoms with van der Waals surface area (Å²) in [5.41, 5.74) is 6.62. The Bertz CT molecular complexity index is 338. The van der Waals surface area contributed by atoms with Gasteiger partial charge in [-0.1, -0.05) is 6.07 Å². The van der Waals surface area contributed by atoms with E-state index in [4.69, 9.17) is 15.2 Å². The monoisotopic (exact) mass is 224 g/mol. The molecule has 1 atom stereocenters. The van der Waals surface area contributed by atoms with Gasteiger partial charge in [-0.05, 0) is 12.5 Å². The minimum atomic E-state index is -0.391. The van der Waals surface area contributed by atoms with Crippen LogP contribution in [0, 0.1) is 0 Å². The van der Waals surface area contributed by atoms with Crippen molar-refractivity contribution in [3.8, 4) is 5.88 Å². The van der Waals surface area contributed by atoms with Crippen LogP contribution in [-0.4, -0.2) is 24.7 Å². The van der Waals surface area contributed by atoms with Gasteiger partial charge in [-0.15, -0.1) is 0 Å². The van der Waals surface area contributed by atoms with Crippen LogP contribution < -0.4 is 10.5 Å². The molecule has 0 amide bonds. The first-order chi connectivity index (χ1) is 7.67. The fourth-order valence-corrected chi connectivity index (χ4v) is 1.25. The van der Waals surface area contributed by atoms with Gasteiger partial charge in [-0.3, -0.25) is 4.79 Å². The minimum absolute atomic E-state index is 0.155. The van der Waals surface area contributed by atoms with Crippen molar-refractivity contribution in [3.05, 3.63) is 23.9 Å². The van der Waals surface area contributed by atoms with E-state index in [1.807, 2.05) is 0 Å². The molecule has 5 nitrogen and oxygen atoms in total. The van der Waals surface area contributed by atoms with Crippen molar-refractivity contribution in [2.24, 2.45) is 5.73 Å². The zero-order valence-corrected chi connectivity index (χ0v) is 9.47. The van der Waals surface area contributed by atoms with Gasteiger partial charge in [-0.25, -0.2) is 4.98 Å². The van der Waals surface area contributed by atoms with Crippen LogP contribution in [0.5, 0.6) is 5.88 Å². The van der Waals surface area contributed by atoms with Gasteiger partial charge < -0.3 is 15.2 Å². The Balaban J connectivity index is 2.58. The highest BCUT2D eigenvalue weighted by Crippen LogP contribution is 2.15. The summed E-state index contributed by atoms with van der Waals surface area (Å²) in [6.45, 7) is 2.13. The third-order valence-electron chi connectivity index (χ3n) is 2.09. The van der Waals surface area contributed by atoms with Crippen molar-refractivity contribution < 1.29 is 14.3 Å². The molecule has 0 aliphatic heterocycles. The van der Waals surface area contributed by atoms with Gasteiger partial charge in [0.15, 0.2) is 0 Å². The molecule has 1 aromatic heterocycles. The number of nitrogens with zero attached hydrogens (tertiary/aromatic N) is 1. The van der Waals surface area contributed by atoms with Crippen LogP contribution in [0.1, 0.15) is 24.9 Å². The highest BCUT2D eigenvalue weighted by atomic mass is 16.5. The number of carbonyl (C=O) groups is 1. The first-order valence-corrected chi connectivity index (χ1v) is 5.08. The molecule has 0 saturated heterocycles. The summed E-state index contributed by atoms with van der Waals surface area (Å²) in [7, 11) is 1.54. The quantitative estimate of drug-likeness (QED) is 0.756.